The van der Waals surface area contributed by atoms with Gasteiger partial charge in [0.1, 0.15) is 6.10 Å². The van der Waals surface area contributed by atoms with Crippen LogP contribution in [-0.2, 0) is 0 Å². The number of methoxy groups -OCH3 is 1. The molecule has 3 nitrogen and oxygen atoms in total. The zero-order chi connectivity index (χ0) is 15.4. The molecule has 0 aromatic heterocycles. The molecule has 1 atom stereocenters. The Bertz CT molecular complexity index is 614. The van der Waals surface area contributed by atoms with E-state index < -0.39 is 12.7 Å². The van der Waals surface area contributed by atoms with Gasteiger partial charge in [0.15, 0.2) is 11.5 Å². The number of alkyl halides is 2. The molecule has 0 amide bonds. The second-order valence-corrected chi connectivity index (χ2v) is 4.61. The van der Waals surface area contributed by atoms with E-state index in [2.05, 4.69) is 4.74 Å². The third-order valence-electron chi connectivity index (χ3n) is 3.08. The molecule has 0 heterocycles. The minimum atomic E-state index is -2.95. The van der Waals surface area contributed by atoms with Gasteiger partial charge in [-0.15, -0.1) is 0 Å². The van der Waals surface area contributed by atoms with Crippen molar-refractivity contribution >= 4 is 0 Å². The van der Waals surface area contributed by atoms with Gasteiger partial charge in [0.2, 0.25) is 0 Å². The maximum atomic E-state index is 12.4. The number of aliphatic hydroxyl groups is 1. The van der Waals surface area contributed by atoms with Gasteiger partial charge in [-0.3, -0.25) is 0 Å². The molecule has 1 unspecified atom stereocenters. The fourth-order valence-corrected chi connectivity index (χ4v) is 2.08. The van der Waals surface area contributed by atoms with Crippen LogP contribution in [0.3, 0.4) is 0 Å². The summed E-state index contributed by atoms with van der Waals surface area (Å²) in [4.78, 5) is 0. The smallest absolute Gasteiger partial charge is 0.387 e. The Kier molecular flexibility index (Phi) is 4.75. The fraction of sp³-hybridized carbons (Fsp3) is 0.250. The normalized spacial score (nSPS) is 12.3. The molecule has 21 heavy (non-hydrogen) atoms. The minimum absolute atomic E-state index is 0.100. The number of aryl methyl sites for hydroxylation is 1. The Morgan fingerprint density at radius 1 is 1.00 bits per heavy atom. The molecule has 0 aliphatic heterocycles. The predicted molar refractivity (Wildman–Crippen MR) is 74.9 cm³/mol. The minimum Gasteiger partial charge on any atom is -0.493 e. The van der Waals surface area contributed by atoms with Crippen molar-refractivity contribution in [3.63, 3.8) is 0 Å². The maximum absolute atomic E-state index is 12.4. The summed E-state index contributed by atoms with van der Waals surface area (Å²) in [7, 11) is 1.37. The summed E-state index contributed by atoms with van der Waals surface area (Å²) in [6, 6.07) is 11.8. The molecule has 2 rings (SSSR count). The van der Waals surface area contributed by atoms with Crippen LogP contribution in [-0.4, -0.2) is 18.8 Å². The van der Waals surface area contributed by atoms with Crippen molar-refractivity contribution in [1.29, 1.82) is 0 Å². The predicted octanol–water partition coefficient (Wildman–Crippen LogP) is 3.69. The molecule has 0 saturated carbocycles. The summed E-state index contributed by atoms with van der Waals surface area (Å²) in [6.45, 7) is -1.04. The zero-order valence-electron chi connectivity index (χ0n) is 11.7. The Labute approximate surface area is 121 Å². The number of halogens is 2. The van der Waals surface area contributed by atoms with E-state index in [1.165, 1.54) is 19.2 Å². The lowest BCUT2D eigenvalue weighted by molar-refractivity contribution is -0.0513. The first-order chi connectivity index (χ1) is 10.0. The maximum Gasteiger partial charge on any atom is 0.387 e. The molecular weight excluding hydrogens is 278 g/mol. The first kappa shape index (κ1) is 15.3. The number of hydrogen-bond donors (Lipinski definition) is 1. The average Bonchev–Trinajstić information content (AvgIpc) is 2.46. The van der Waals surface area contributed by atoms with Crippen molar-refractivity contribution < 1.29 is 23.4 Å². The molecule has 2 aromatic carbocycles. The summed E-state index contributed by atoms with van der Waals surface area (Å²) in [5.74, 6) is 0.0900. The van der Waals surface area contributed by atoms with Crippen LogP contribution in [0.2, 0.25) is 0 Å². The van der Waals surface area contributed by atoms with E-state index in [1.807, 2.05) is 25.1 Å². The van der Waals surface area contributed by atoms with E-state index in [4.69, 9.17) is 4.74 Å². The molecule has 5 heteroatoms. The third kappa shape index (κ3) is 3.70. The lowest BCUT2D eigenvalue weighted by Crippen LogP contribution is -2.06. The SMILES string of the molecule is COc1ccc(C(O)c2cccc(C)c2)cc1OC(F)F. The van der Waals surface area contributed by atoms with E-state index in [0.29, 0.717) is 11.1 Å². The van der Waals surface area contributed by atoms with E-state index in [9.17, 15) is 13.9 Å². The van der Waals surface area contributed by atoms with Crippen molar-refractivity contribution in [3.05, 3.63) is 59.2 Å². The van der Waals surface area contributed by atoms with E-state index in [-0.39, 0.29) is 11.5 Å². The third-order valence-corrected chi connectivity index (χ3v) is 3.08. The zero-order valence-corrected chi connectivity index (χ0v) is 11.7. The van der Waals surface area contributed by atoms with Gasteiger partial charge in [0.25, 0.3) is 0 Å². The first-order valence-electron chi connectivity index (χ1n) is 6.38. The van der Waals surface area contributed by atoms with E-state index in [0.717, 1.165) is 5.56 Å². The monoisotopic (exact) mass is 294 g/mol. The Hall–Kier alpha value is -2.14. The number of rotatable bonds is 5. The second kappa shape index (κ2) is 6.54. The Balaban J connectivity index is 2.35. The van der Waals surface area contributed by atoms with Crippen LogP contribution in [0.25, 0.3) is 0 Å². The van der Waals surface area contributed by atoms with Gasteiger partial charge in [-0.05, 0) is 30.2 Å². The first-order valence-corrected chi connectivity index (χ1v) is 6.38. The highest BCUT2D eigenvalue weighted by Gasteiger charge is 2.16. The molecule has 1 N–H and O–H groups in total. The van der Waals surface area contributed by atoms with Gasteiger partial charge in [-0.25, -0.2) is 0 Å². The molecule has 0 saturated heterocycles. The molecule has 0 radical (unpaired) electrons. The quantitative estimate of drug-likeness (QED) is 0.914. The highest BCUT2D eigenvalue weighted by Crippen LogP contribution is 2.33. The van der Waals surface area contributed by atoms with Crippen LogP contribution in [0.1, 0.15) is 22.8 Å². The fourth-order valence-electron chi connectivity index (χ4n) is 2.08. The molecular formula is C16H16F2O3. The summed E-state index contributed by atoms with van der Waals surface area (Å²) in [5, 5.41) is 10.4. The molecule has 0 aliphatic rings. The van der Waals surface area contributed by atoms with Gasteiger partial charge in [-0.2, -0.15) is 8.78 Å². The second-order valence-electron chi connectivity index (χ2n) is 4.61. The van der Waals surface area contributed by atoms with Crippen molar-refractivity contribution in [3.8, 4) is 11.5 Å². The van der Waals surface area contributed by atoms with Crippen molar-refractivity contribution in [2.45, 2.75) is 19.6 Å². The lowest BCUT2D eigenvalue weighted by Gasteiger charge is -2.15. The molecule has 0 aliphatic carbocycles. The lowest BCUT2D eigenvalue weighted by atomic mass is 10.00. The van der Waals surface area contributed by atoms with Gasteiger partial charge in [0.05, 0.1) is 7.11 Å². The van der Waals surface area contributed by atoms with Crippen LogP contribution >= 0.6 is 0 Å². The Morgan fingerprint density at radius 3 is 2.33 bits per heavy atom. The Morgan fingerprint density at radius 2 is 1.71 bits per heavy atom. The number of aliphatic hydroxyl groups excluding tert-OH is 1. The molecule has 112 valence electrons. The van der Waals surface area contributed by atoms with Crippen LogP contribution in [0.4, 0.5) is 8.78 Å². The van der Waals surface area contributed by atoms with Crippen LogP contribution in [0.15, 0.2) is 42.5 Å². The van der Waals surface area contributed by atoms with E-state index >= 15 is 0 Å². The largest absolute Gasteiger partial charge is 0.493 e. The van der Waals surface area contributed by atoms with E-state index in [1.54, 1.807) is 12.1 Å². The summed E-state index contributed by atoms with van der Waals surface area (Å²) in [6.07, 6.45) is -0.921. The summed E-state index contributed by atoms with van der Waals surface area (Å²) < 4.78 is 34.2. The average molecular weight is 294 g/mol. The molecule has 2 aromatic rings. The molecule has 0 fully saturated rings. The molecule has 0 spiro atoms. The van der Waals surface area contributed by atoms with Gasteiger partial charge in [-0.1, -0.05) is 35.9 Å². The topological polar surface area (TPSA) is 38.7 Å². The van der Waals surface area contributed by atoms with Crippen molar-refractivity contribution in [2.24, 2.45) is 0 Å². The van der Waals surface area contributed by atoms with Crippen LogP contribution in [0.5, 0.6) is 11.5 Å². The highest BCUT2D eigenvalue weighted by atomic mass is 19.3. The van der Waals surface area contributed by atoms with Crippen molar-refractivity contribution in [1.82, 2.24) is 0 Å². The van der Waals surface area contributed by atoms with Gasteiger partial charge in [0, 0.05) is 0 Å². The number of benzene rings is 2. The number of hydrogen-bond acceptors (Lipinski definition) is 3. The summed E-state index contributed by atoms with van der Waals surface area (Å²) >= 11 is 0. The standard InChI is InChI=1S/C16H16F2O3/c1-10-4-3-5-11(8-10)15(19)12-6-7-13(20-2)14(9-12)21-16(17)18/h3-9,15-16,19H,1-2H3. The number of ether oxygens (including phenoxy) is 2. The van der Waals surface area contributed by atoms with Gasteiger partial charge < -0.3 is 14.6 Å². The van der Waals surface area contributed by atoms with Gasteiger partial charge >= 0.3 is 6.61 Å². The van der Waals surface area contributed by atoms with Crippen LogP contribution < -0.4 is 9.47 Å². The molecule has 0 bridgehead atoms. The van der Waals surface area contributed by atoms with Crippen LogP contribution in [0, 0.1) is 6.92 Å². The summed E-state index contributed by atoms with van der Waals surface area (Å²) in [5.41, 5.74) is 2.14. The van der Waals surface area contributed by atoms with Crippen molar-refractivity contribution in [2.75, 3.05) is 7.11 Å². The highest BCUT2D eigenvalue weighted by molar-refractivity contribution is 5.45.